The van der Waals surface area contributed by atoms with Gasteiger partial charge in [0.2, 0.25) is 0 Å². The quantitative estimate of drug-likeness (QED) is 0.806. The van der Waals surface area contributed by atoms with Crippen LogP contribution in [-0.4, -0.2) is 23.3 Å². The van der Waals surface area contributed by atoms with Crippen LogP contribution in [0.2, 0.25) is 0 Å². The van der Waals surface area contributed by atoms with E-state index in [2.05, 4.69) is 16.4 Å². The average Bonchev–Trinajstić information content (AvgIpc) is 2.74. The maximum Gasteiger partial charge on any atom is 0.336 e. The first-order valence-electron chi connectivity index (χ1n) is 9.94. The fourth-order valence-electron chi connectivity index (χ4n) is 4.39. The summed E-state index contributed by atoms with van der Waals surface area (Å²) in [5.74, 6) is -1.09. The van der Waals surface area contributed by atoms with Crippen LogP contribution in [0, 0.1) is 5.92 Å². The van der Waals surface area contributed by atoms with Gasteiger partial charge >= 0.3 is 5.97 Å². The lowest BCUT2D eigenvalue weighted by atomic mass is 9.69. The Kier molecular flexibility index (Phi) is 5.30. The van der Waals surface area contributed by atoms with Crippen molar-refractivity contribution in [2.75, 3.05) is 6.61 Å². The van der Waals surface area contributed by atoms with Crippen molar-refractivity contribution in [1.82, 2.24) is 10.3 Å². The van der Waals surface area contributed by atoms with Crippen molar-refractivity contribution in [3.63, 3.8) is 0 Å². The molecule has 2 aliphatic rings. The third kappa shape index (κ3) is 3.60. The number of nitrogens with zero attached hydrogens (tertiary/aromatic N) is 1. The molecule has 0 bridgehead atoms. The van der Waals surface area contributed by atoms with E-state index >= 15 is 0 Å². The molecule has 0 radical (unpaired) electrons. The number of hydrogen-bond donors (Lipinski definition) is 1. The van der Waals surface area contributed by atoms with Gasteiger partial charge in [0.1, 0.15) is 5.78 Å². The van der Waals surface area contributed by atoms with E-state index in [1.807, 2.05) is 49.4 Å². The summed E-state index contributed by atoms with van der Waals surface area (Å²) < 4.78 is 5.32. The fraction of sp³-hybridized carbons (Fsp3) is 0.292. The molecule has 148 valence electrons. The third-order valence-electron chi connectivity index (χ3n) is 5.63. The normalized spacial score (nSPS) is 23.7. The second kappa shape index (κ2) is 8.03. The van der Waals surface area contributed by atoms with Gasteiger partial charge < -0.3 is 10.1 Å². The second-order valence-corrected chi connectivity index (χ2v) is 7.44. The van der Waals surface area contributed by atoms with Gasteiger partial charge in [0.25, 0.3) is 0 Å². The van der Waals surface area contributed by atoms with Crippen molar-refractivity contribution in [2.24, 2.45) is 5.92 Å². The summed E-state index contributed by atoms with van der Waals surface area (Å²) in [7, 11) is 0. The maximum atomic E-state index is 13.4. The molecule has 1 N–H and O–H groups in total. The van der Waals surface area contributed by atoms with Crippen molar-refractivity contribution < 1.29 is 14.3 Å². The van der Waals surface area contributed by atoms with Gasteiger partial charge in [-0.25, -0.2) is 4.79 Å². The molecular formula is C24H24N2O3. The van der Waals surface area contributed by atoms with E-state index in [1.165, 1.54) is 0 Å². The predicted molar refractivity (Wildman–Crippen MR) is 110 cm³/mol. The van der Waals surface area contributed by atoms with Crippen LogP contribution in [0.1, 0.15) is 43.2 Å². The molecule has 5 nitrogen and oxygen atoms in total. The lowest BCUT2D eigenvalue weighted by molar-refractivity contribution is -0.139. The zero-order chi connectivity index (χ0) is 20.4. The number of fused-ring (bicyclic) bond motifs is 1. The number of benzene rings is 1. The van der Waals surface area contributed by atoms with Crippen LogP contribution < -0.4 is 5.32 Å². The van der Waals surface area contributed by atoms with Crippen LogP contribution in [0.5, 0.6) is 0 Å². The summed E-state index contributed by atoms with van der Waals surface area (Å²) in [6, 6.07) is 13.8. The number of ether oxygens (including phenoxy) is 1. The summed E-state index contributed by atoms with van der Waals surface area (Å²) in [6.45, 7) is 3.93. The van der Waals surface area contributed by atoms with Crippen LogP contribution in [0.4, 0.5) is 0 Å². The number of esters is 1. The van der Waals surface area contributed by atoms with Crippen LogP contribution in [0.15, 0.2) is 77.9 Å². The van der Waals surface area contributed by atoms with Crippen LogP contribution in [-0.2, 0) is 14.3 Å². The molecule has 1 aliphatic carbocycles. The van der Waals surface area contributed by atoms with Gasteiger partial charge in [0, 0.05) is 42.0 Å². The molecule has 2 aromatic rings. The number of Topliss-reactive ketones (excluding diaryl/α,β-unsaturated/α-hetero) is 1. The number of carbonyl (C=O) groups is 2. The SMILES string of the molecule is CCOC(=O)C1=C(C)NC2=CC(c3ccccc3)CC(=O)C2C1c1cccnc1. The molecule has 29 heavy (non-hydrogen) atoms. The molecule has 3 unspecified atom stereocenters. The lowest BCUT2D eigenvalue weighted by Crippen LogP contribution is -2.42. The van der Waals surface area contributed by atoms with E-state index in [4.69, 9.17) is 4.74 Å². The van der Waals surface area contributed by atoms with Gasteiger partial charge in [0.05, 0.1) is 18.1 Å². The molecule has 1 aromatic carbocycles. The molecule has 0 fully saturated rings. The van der Waals surface area contributed by atoms with E-state index in [-0.39, 0.29) is 24.3 Å². The van der Waals surface area contributed by atoms with Crippen molar-refractivity contribution in [3.8, 4) is 0 Å². The highest BCUT2D eigenvalue weighted by atomic mass is 16.5. The molecule has 1 aliphatic heterocycles. The Morgan fingerprint density at radius 3 is 2.59 bits per heavy atom. The fourth-order valence-corrected chi connectivity index (χ4v) is 4.39. The average molecular weight is 388 g/mol. The first kappa shape index (κ1) is 19.1. The second-order valence-electron chi connectivity index (χ2n) is 7.44. The first-order valence-corrected chi connectivity index (χ1v) is 9.94. The highest BCUT2D eigenvalue weighted by Gasteiger charge is 2.45. The molecule has 4 rings (SSSR count). The Bertz CT molecular complexity index is 980. The summed E-state index contributed by atoms with van der Waals surface area (Å²) in [5.41, 5.74) is 4.05. The van der Waals surface area contributed by atoms with Gasteiger partial charge in [-0.3, -0.25) is 9.78 Å². The van der Waals surface area contributed by atoms with E-state index in [0.29, 0.717) is 12.0 Å². The minimum atomic E-state index is -0.442. The number of aromatic nitrogens is 1. The third-order valence-corrected chi connectivity index (χ3v) is 5.63. The lowest BCUT2D eigenvalue weighted by Gasteiger charge is -2.39. The number of carbonyl (C=O) groups excluding carboxylic acids is 2. The molecule has 3 atom stereocenters. The number of hydrogen-bond acceptors (Lipinski definition) is 5. The van der Waals surface area contributed by atoms with E-state index < -0.39 is 11.8 Å². The van der Waals surface area contributed by atoms with Crippen molar-refractivity contribution >= 4 is 11.8 Å². The Labute approximate surface area is 170 Å². The highest BCUT2D eigenvalue weighted by molar-refractivity contribution is 5.96. The van der Waals surface area contributed by atoms with Gasteiger partial charge in [0.15, 0.2) is 0 Å². The summed E-state index contributed by atoms with van der Waals surface area (Å²) in [4.78, 5) is 30.4. The predicted octanol–water partition coefficient (Wildman–Crippen LogP) is 3.86. The standard InChI is InChI=1S/C24H24N2O3/c1-3-29-24(28)21-15(2)26-19-12-18(16-8-5-4-6-9-16)13-20(27)23(19)22(21)17-10-7-11-25-14-17/h4-12,14,18,22-23,26H,3,13H2,1-2H3. The van der Waals surface area contributed by atoms with Crippen LogP contribution in [0.3, 0.4) is 0 Å². The van der Waals surface area contributed by atoms with Gasteiger partial charge in [-0.2, -0.15) is 0 Å². The molecule has 1 aromatic heterocycles. The molecule has 0 saturated carbocycles. The van der Waals surface area contributed by atoms with Crippen molar-refractivity contribution in [1.29, 1.82) is 0 Å². The molecule has 2 heterocycles. The van der Waals surface area contributed by atoms with E-state index in [0.717, 1.165) is 22.5 Å². The monoisotopic (exact) mass is 388 g/mol. The van der Waals surface area contributed by atoms with Crippen molar-refractivity contribution in [3.05, 3.63) is 89.0 Å². The number of pyridine rings is 1. The zero-order valence-corrected chi connectivity index (χ0v) is 16.6. The zero-order valence-electron chi connectivity index (χ0n) is 16.6. The number of ketones is 1. The van der Waals surface area contributed by atoms with E-state index in [9.17, 15) is 9.59 Å². The van der Waals surface area contributed by atoms with Gasteiger partial charge in [-0.05, 0) is 31.0 Å². The van der Waals surface area contributed by atoms with Crippen molar-refractivity contribution in [2.45, 2.75) is 32.1 Å². The van der Waals surface area contributed by atoms with Crippen LogP contribution in [0.25, 0.3) is 0 Å². The summed E-state index contributed by atoms with van der Waals surface area (Å²) in [6.07, 6.45) is 5.97. The largest absolute Gasteiger partial charge is 0.463 e. The van der Waals surface area contributed by atoms with Gasteiger partial charge in [-0.1, -0.05) is 42.5 Å². The Hall–Kier alpha value is -3.21. The van der Waals surface area contributed by atoms with Crippen LogP contribution >= 0.6 is 0 Å². The van der Waals surface area contributed by atoms with Gasteiger partial charge in [-0.15, -0.1) is 0 Å². The number of nitrogens with one attached hydrogen (secondary N) is 1. The maximum absolute atomic E-state index is 13.4. The molecular weight excluding hydrogens is 364 g/mol. The Balaban J connectivity index is 1.82. The summed E-state index contributed by atoms with van der Waals surface area (Å²) >= 11 is 0. The molecule has 0 amide bonds. The topological polar surface area (TPSA) is 68.3 Å². The highest BCUT2D eigenvalue weighted by Crippen LogP contribution is 2.45. The first-order chi connectivity index (χ1) is 14.1. The number of rotatable bonds is 4. The smallest absolute Gasteiger partial charge is 0.336 e. The molecule has 0 saturated heterocycles. The Morgan fingerprint density at radius 1 is 1.14 bits per heavy atom. The minimum absolute atomic E-state index is 0.0222. The minimum Gasteiger partial charge on any atom is -0.463 e. The summed E-state index contributed by atoms with van der Waals surface area (Å²) in [5, 5.41) is 3.34. The molecule has 5 heteroatoms. The molecule has 0 spiro atoms. The Morgan fingerprint density at radius 2 is 1.90 bits per heavy atom. The number of allylic oxidation sites excluding steroid dienone is 3. The van der Waals surface area contributed by atoms with E-state index in [1.54, 1.807) is 19.3 Å².